The zero-order valence-electron chi connectivity index (χ0n) is 10.0. The van der Waals surface area contributed by atoms with Crippen LogP contribution in [0.5, 0.6) is 0 Å². The van der Waals surface area contributed by atoms with Crippen LogP contribution in [0.25, 0.3) is 0 Å². The Balaban J connectivity index is 2.56. The average Bonchev–Trinajstić information content (AvgIpc) is 2.21. The molecule has 0 amide bonds. The third-order valence-corrected chi connectivity index (χ3v) is 2.81. The normalized spacial score (nSPS) is 10.8. The lowest BCUT2D eigenvalue weighted by atomic mass is 10.1. The molecule has 2 nitrogen and oxygen atoms in total. The Morgan fingerprint density at radius 2 is 2.12 bits per heavy atom. The van der Waals surface area contributed by atoms with Crippen molar-refractivity contribution in [2.75, 3.05) is 6.54 Å². The number of ketones is 1. The van der Waals surface area contributed by atoms with Gasteiger partial charge in [0.15, 0.2) is 5.78 Å². The first-order valence-electron chi connectivity index (χ1n) is 5.53. The first kappa shape index (κ1) is 13.2. The quantitative estimate of drug-likeness (QED) is 0.800. The minimum atomic E-state index is 0.134. The molecule has 1 aromatic carbocycles. The Kier molecular flexibility index (Phi) is 4.97. The van der Waals surface area contributed by atoms with E-state index in [9.17, 15) is 4.79 Å². The number of nitrogens with one attached hydrogen (secondary N) is 1. The SMILES string of the molecule is Cc1ccc(C(=O)CCNC(C)C)cc1Cl. The maximum atomic E-state index is 11.8. The van der Waals surface area contributed by atoms with Crippen molar-refractivity contribution in [1.29, 1.82) is 0 Å². The number of Topliss-reactive ketones (excluding diaryl/α,β-unsaturated/α-hetero) is 1. The molecule has 0 aliphatic rings. The fourth-order valence-electron chi connectivity index (χ4n) is 1.39. The highest BCUT2D eigenvalue weighted by atomic mass is 35.5. The molecule has 0 spiro atoms. The van der Waals surface area contributed by atoms with Crippen LogP contribution in [0.1, 0.15) is 36.2 Å². The van der Waals surface area contributed by atoms with Gasteiger partial charge in [-0.3, -0.25) is 4.79 Å². The summed E-state index contributed by atoms with van der Waals surface area (Å²) in [6, 6.07) is 5.87. The van der Waals surface area contributed by atoms with Gasteiger partial charge in [0.2, 0.25) is 0 Å². The molecule has 0 aromatic heterocycles. The Hall–Kier alpha value is -0.860. The molecule has 0 atom stereocenters. The zero-order valence-corrected chi connectivity index (χ0v) is 10.8. The van der Waals surface area contributed by atoms with Gasteiger partial charge in [0, 0.05) is 29.6 Å². The first-order valence-corrected chi connectivity index (χ1v) is 5.91. The van der Waals surface area contributed by atoms with Gasteiger partial charge in [-0.2, -0.15) is 0 Å². The summed E-state index contributed by atoms with van der Waals surface area (Å²) in [5, 5.41) is 3.87. The molecule has 1 aromatic rings. The maximum absolute atomic E-state index is 11.8. The van der Waals surface area contributed by atoms with Crippen molar-refractivity contribution < 1.29 is 4.79 Å². The van der Waals surface area contributed by atoms with Crippen molar-refractivity contribution in [1.82, 2.24) is 5.32 Å². The van der Waals surface area contributed by atoms with Gasteiger partial charge < -0.3 is 5.32 Å². The topological polar surface area (TPSA) is 29.1 Å². The van der Waals surface area contributed by atoms with Gasteiger partial charge in [0.1, 0.15) is 0 Å². The molecule has 0 aliphatic heterocycles. The lowest BCUT2D eigenvalue weighted by molar-refractivity contribution is 0.0982. The summed E-state index contributed by atoms with van der Waals surface area (Å²) in [5.41, 5.74) is 1.69. The molecule has 88 valence electrons. The number of carbonyl (C=O) groups excluding carboxylic acids is 1. The van der Waals surface area contributed by atoms with Gasteiger partial charge in [0.25, 0.3) is 0 Å². The van der Waals surface area contributed by atoms with E-state index < -0.39 is 0 Å². The summed E-state index contributed by atoms with van der Waals surface area (Å²) in [4.78, 5) is 11.8. The molecule has 1 N–H and O–H groups in total. The van der Waals surface area contributed by atoms with Gasteiger partial charge in [-0.1, -0.05) is 37.6 Å². The van der Waals surface area contributed by atoms with E-state index in [0.717, 1.165) is 5.56 Å². The van der Waals surface area contributed by atoms with Crippen LogP contribution in [0.4, 0.5) is 0 Å². The highest BCUT2D eigenvalue weighted by Gasteiger charge is 2.07. The second-order valence-electron chi connectivity index (χ2n) is 4.25. The summed E-state index contributed by atoms with van der Waals surface area (Å²) in [6.07, 6.45) is 0.511. The van der Waals surface area contributed by atoms with Crippen molar-refractivity contribution in [3.8, 4) is 0 Å². The zero-order chi connectivity index (χ0) is 12.1. The smallest absolute Gasteiger partial charge is 0.164 e. The van der Waals surface area contributed by atoms with E-state index in [1.165, 1.54) is 0 Å². The van der Waals surface area contributed by atoms with E-state index in [2.05, 4.69) is 19.2 Å². The molecule has 0 radical (unpaired) electrons. The van der Waals surface area contributed by atoms with E-state index in [1.54, 1.807) is 6.07 Å². The molecule has 0 saturated carbocycles. The number of aryl methyl sites for hydroxylation is 1. The number of halogens is 1. The van der Waals surface area contributed by atoms with Crippen LogP contribution in [-0.4, -0.2) is 18.4 Å². The minimum absolute atomic E-state index is 0.134. The fraction of sp³-hybridized carbons (Fsp3) is 0.462. The Labute approximate surface area is 102 Å². The highest BCUT2D eigenvalue weighted by molar-refractivity contribution is 6.31. The monoisotopic (exact) mass is 239 g/mol. The van der Waals surface area contributed by atoms with Gasteiger partial charge in [-0.25, -0.2) is 0 Å². The summed E-state index contributed by atoms with van der Waals surface area (Å²) in [7, 11) is 0. The van der Waals surface area contributed by atoms with Gasteiger partial charge in [-0.05, 0) is 18.6 Å². The van der Waals surface area contributed by atoms with Crippen molar-refractivity contribution >= 4 is 17.4 Å². The molecule has 0 heterocycles. The Morgan fingerprint density at radius 1 is 1.44 bits per heavy atom. The van der Waals surface area contributed by atoms with Crippen molar-refractivity contribution in [2.24, 2.45) is 0 Å². The number of hydrogen-bond acceptors (Lipinski definition) is 2. The van der Waals surface area contributed by atoms with Gasteiger partial charge in [0.05, 0.1) is 0 Å². The third-order valence-electron chi connectivity index (χ3n) is 2.40. The number of benzene rings is 1. The molecule has 0 fully saturated rings. The average molecular weight is 240 g/mol. The van der Waals surface area contributed by atoms with Crippen molar-refractivity contribution in [3.05, 3.63) is 34.3 Å². The van der Waals surface area contributed by atoms with E-state index >= 15 is 0 Å². The molecular weight excluding hydrogens is 222 g/mol. The molecule has 0 unspecified atom stereocenters. The molecule has 16 heavy (non-hydrogen) atoms. The molecule has 0 bridgehead atoms. The van der Waals surface area contributed by atoms with Gasteiger partial charge in [-0.15, -0.1) is 0 Å². The molecular formula is C13H18ClNO. The summed E-state index contributed by atoms with van der Waals surface area (Å²) in [5.74, 6) is 0.134. The van der Waals surface area contributed by atoms with Crippen molar-refractivity contribution in [3.63, 3.8) is 0 Å². The molecule has 0 saturated heterocycles. The predicted octanol–water partition coefficient (Wildman–Crippen LogP) is 3.22. The van der Waals surface area contributed by atoms with E-state index in [0.29, 0.717) is 29.6 Å². The predicted molar refractivity (Wildman–Crippen MR) is 68.3 cm³/mol. The van der Waals surface area contributed by atoms with Crippen LogP contribution in [0, 0.1) is 6.92 Å². The van der Waals surface area contributed by atoms with E-state index in [4.69, 9.17) is 11.6 Å². The van der Waals surface area contributed by atoms with Crippen LogP contribution >= 0.6 is 11.6 Å². The largest absolute Gasteiger partial charge is 0.314 e. The second kappa shape index (κ2) is 6.02. The van der Waals surface area contributed by atoms with Crippen LogP contribution in [-0.2, 0) is 0 Å². The highest BCUT2D eigenvalue weighted by Crippen LogP contribution is 2.17. The van der Waals surface area contributed by atoms with E-state index in [-0.39, 0.29) is 5.78 Å². The summed E-state index contributed by atoms with van der Waals surface area (Å²) < 4.78 is 0. The maximum Gasteiger partial charge on any atom is 0.164 e. The van der Waals surface area contributed by atoms with Crippen LogP contribution in [0.3, 0.4) is 0 Å². The summed E-state index contributed by atoms with van der Waals surface area (Å²) >= 11 is 5.97. The van der Waals surface area contributed by atoms with E-state index in [1.807, 2.05) is 19.1 Å². The number of hydrogen-bond donors (Lipinski definition) is 1. The minimum Gasteiger partial charge on any atom is -0.314 e. The standard InChI is InChI=1S/C13H18ClNO/c1-9(2)15-7-6-13(16)11-5-4-10(3)12(14)8-11/h4-5,8-9,15H,6-7H2,1-3H3. The third kappa shape index (κ3) is 3.95. The Bertz CT molecular complexity index is 374. The lowest BCUT2D eigenvalue weighted by Gasteiger charge is -2.07. The summed E-state index contributed by atoms with van der Waals surface area (Å²) in [6.45, 7) is 6.76. The lowest BCUT2D eigenvalue weighted by Crippen LogP contribution is -2.25. The van der Waals surface area contributed by atoms with Crippen LogP contribution < -0.4 is 5.32 Å². The van der Waals surface area contributed by atoms with Crippen LogP contribution in [0.15, 0.2) is 18.2 Å². The second-order valence-corrected chi connectivity index (χ2v) is 4.65. The molecule has 3 heteroatoms. The van der Waals surface area contributed by atoms with Gasteiger partial charge >= 0.3 is 0 Å². The van der Waals surface area contributed by atoms with Crippen molar-refractivity contribution in [2.45, 2.75) is 33.2 Å². The fourth-order valence-corrected chi connectivity index (χ4v) is 1.57. The number of rotatable bonds is 5. The molecule has 1 rings (SSSR count). The first-order chi connectivity index (χ1) is 7.50. The number of carbonyl (C=O) groups is 1. The van der Waals surface area contributed by atoms with Crippen LogP contribution in [0.2, 0.25) is 5.02 Å². The Morgan fingerprint density at radius 3 is 2.69 bits per heavy atom. The molecule has 0 aliphatic carbocycles.